The van der Waals surface area contributed by atoms with E-state index in [9.17, 15) is 4.79 Å². The molecule has 1 aromatic carbocycles. The number of nitrogens with one attached hydrogen (secondary N) is 2. The van der Waals surface area contributed by atoms with E-state index >= 15 is 0 Å². The lowest BCUT2D eigenvalue weighted by Crippen LogP contribution is -2.46. The molecule has 1 amide bonds. The van der Waals surface area contributed by atoms with Gasteiger partial charge < -0.3 is 15.5 Å². The third-order valence-electron chi connectivity index (χ3n) is 4.13. The first-order chi connectivity index (χ1) is 11.1. The van der Waals surface area contributed by atoms with Crippen molar-refractivity contribution in [3.05, 3.63) is 35.4 Å². The summed E-state index contributed by atoms with van der Waals surface area (Å²) in [5.41, 5.74) is 2.61. The van der Waals surface area contributed by atoms with Crippen molar-refractivity contribution >= 4 is 11.9 Å². The van der Waals surface area contributed by atoms with Crippen molar-refractivity contribution < 1.29 is 4.79 Å². The Kier molecular flexibility index (Phi) is 6.44. The van der Waals surface area contributed by atoms with E-state index in [1.807, 2.05) is 11.0 Å². The lowest BCUT2D eigenvalue weighted by atomic mass is 10.00. The Hall–Kier alpha value is -2.04. The van der Waals surface area contributed by atoms with E-state index in [0.29, 0.717) is 18.4 Å². The molecule has 1 aliphatic heterocycles. The fourth-order valence-electron chi connectivity index (χ4n) is 2.68. The SMILES string of the molecule is CN=C(NCCC(C)C)NCC(=O)N1CCc2ccccc2C1. The summed E-state index contributed by atoms with van der Waals surface area (Å²) in [5.74, 6) is 1.46. The maximum Gasteiger partial charge on any atom is 0.242 e. The van der Waals surface area contributed by atoms with Gasteiger partial charge in [-0.15, -0.1) is 0 Å². The number of fused-ring (bicyclic) bond motifs is 1. The van der Waals surface area contributed by atoms with Crippen LogP contribution in [-0.2, 0) is 17.8 Å². The summed E-state index contributed by atoms with van der Waals surface area (Å²) in [6.45, 7) is 7.02. The van der Waals surface area contributed by atoms with Crippen molar-refractivity contribution in [3.63, 3.8) is 0 Å². The summed E-state index contributed by atoms with van der Waals surface area (Å²) in [5, 5.41) is 6.35. The number of carbonyl (C=O) groups excluding carboxylic acids is 1. The van der Waals surface area contributed by atoms with Crippen molar-refractivity contribution in [3.8, 4) is 0 Å². The smallest absolute Gasteiger partial charge is 0.242 e. The van der Waals surface area contributed by atoms with Crippen LogP contribution in [0.3, 0.4) is 0 Å². The highest BCUT2D eigenvalue weighted by Gasteiger charge is 2.20. The fraction of sp³-hybridized carbons (Fsp3) is 0.556. The van der Waals surface area contributed by atoms with Gasteiger partial charge in [-0.25, -0.2) is 0 Å². The zero-order valence-electron chi connectivity index (χ0n) is 14.4. The Bertz CT molecular complexity index is 554. The molecule has 2 rings (SSSR count). The average Bonchev–Trinajstić information content (AvgIpc) is 2.56. The van der Waals surface area contributed by atoms with Crippen LogP contribution in [0.1, 0.15) is 31.4 Å². The second-order valence-corrected chi connectivity index (χ2v) is 6.37. The van der Waals surface area contributed by atoms with E-state index in [1.165, 1.54) is 11.1 Å². The number of amides is 1. The molecule has 0 radical (unpaired) electrons. The lowest BCUT2D eigenvalue weighted by molar-refractivity contribution is -0.130. The van der Waals surface area contributed by atoms with Gasteiger partial charge in [0.25, 0.3) is 0 Å². The molecule has 0 aliphatic carbocycles. The first-order valence-corrected chi connectivity index (χ1v) is 8.39. The first-order valence-electron chi connectivity index (χ1n) is 8.39. The summed E-state index contributed by atoms with van der Waals surface area (Å²) in [7, 11) is 1.73. The van der Waals surface area contributed by atoms with Crippen molar-refractivity contribution in [2.75, 3.05) is 26.7 Å². The zero-order valence-corrected chi connectivity index (χ0v) is 14.4. The van der Waals surface area contributed by atoms with Crippen molar-refractivity contribution in [2.45, 2.75) is 33.2 Å². The maximum atomic E-state index is 12.4. The van der Waals surface area contributed by atoms with E-state index in [4.69, 9.17) is 0 Å². The second kappa shape index (κ2) is 8.56. The molecule has 0 saturated heterocycles. The predicted molar refractivity (Wildman–Crippen MR) is 94.4 cm³/mol. The normalized spacial score (nSPS) is 14.6. The summed E-state index contributed by atoms with van der Waals surface area (Å²) < 4.78 is 0. The van der Waals surface area contributed by atoms with Crippen LogP contribution < -0.4 is 10.6 Å². The highest BCUT2D eigenvalue weighted by Crippen LogP contribution is 2.18. The molecular weight excluding hydrogens is 288 g/mol. The maximum absolute atomic E-state index is 12.4. The van der Waals surface area contributed by atoms with Crippen LogP contribution in [0.4, 0.5) is 0 Å². The molecule has 0 fully saturated rings. The van der Waals surface area contributed by atoms with E-state index in [1.54, 1.807) is 7.05 Å². The number of aliphatic imine (C=N–C) groups is 1. The summed E-state index contributed by atoms with van der Waals surface area (Å²) >= 11 is 0. The second-order valence-electron chi connectivity index (χ2n) is 6.37. The van der Waals surface area contributed by atoms with Gasteiger partial charge >= 0.3 is 0 Å². The molecule has 5 nitrogen and oxygen atoms in total. The summed E-state index contributed by atoms with van der Waals surface area (Å²) in [6, 6.07) is 8.35. The Morgan fingerprint density at radius 2 is 2.00 bits per heavy atom. The molecule has 0 unspecified atom stereocenters. The topological polar surface area (TPSA) is 56.7 Å². The third-order valence-corrected chi connectivity index (χ3v) is 4.13. The minimum absolute atomic E-state index is 0.117. The summed E-state index contributed by atoms with van der Waals surface area (Å²) in [4.78, 5) is 18.5. The van der Waals surface area contributed by atoms with E-state index in [0.717, 1.165) is 25.9 Å². The van der Waals surface area contributed by atoms with Gasteiger partial charge in [0.05, 0.1) is 6.54 Å². The molecule has 5 heteroatoms. The monoisotopic (exact) mass is 316 g/mol. The minimum Gasteiger partial charge on any atom is -0.356 e. The molecule has 1 heterocycles. The van der Waals surface area contributed by atoms with Gasteiger partial charge in [-0.2, -0.15) is 0 Å². The number of hydrogen-bond donors (Lipinski definition) is 2. The third kappa shape index (κ3) is 5.27. The van der Waals surface area contributed by atoms with Crippen molar-refractivity contribution in [1.82, 2.24) is 15.5 Å². The largest absolute Gasteiger partial charge is 0.356 e. The van der Waals surface area contributed by atoms with E-state index < -0.39 is 0 Å². The van der Waals surface area contributed by atoms with E-state index in [-0.39, 0.29) is 12.5 Å². The quantitative estimate of drug-likeness (QED) is 0.643. The van der Waals surface area contributed by atoms with E-state index in [2.05, 4.69) is 47.7 Å². The number of hydrogen-bond acceptors (Lipinski definition) is 2. The number of guanidine groups is 1. The molecule has 0 atom stereocenters. The Balaban J connectivity index is 1.78. The van der Waals surface area contributed by atoms with Crippen LogP contribution >= 0.6 is 0 Å². The van der Waals surface area contributed by atoms with Gasteiger partial charge in [0, 0.05) is 26.7 Å². The Labute approximate surface area is 139 Å². The molecule has 0 aromatic heterocycles. The molecule has 23 heavy (non-hydrogen) atoms. The highest BCUT2D eigenvalue weighted by atomic mass is 16.2. The highest BCUT2D eigenvalue weighted by molar-refractivity contribution is 5.86. The van der Waals surface area contributed by atoms with Gasteiger partial charge in [0.1, 0.15) is 0 Å². The van der Waals surface area contributed by atoms with Crippen LogP contribution in [0.25, 0.3) is 0 Å². The number of carbonyl (C=O) groups is 1. The molecular formula is C18H28N4O. The van der Waals surface area contributed by atoms with Gasteiger partial charge in [0.15, 0.2) is 5.96 Å². The van der Waals surface area contributed by atoms with Crippen LogP contribution in [0.15, 0.2) is 29.3 Å². The molecule has 126 valence electrons. The van der Waals surface area contributed by atoms with Gasteiger partial charge in [-0.3, -0.25) is 9.79 Å². The fourth-order valence-corrected chi connectivity index (χ4v) is 2.68. The molecule has 0 spiro atoms. The van der Waals surface area contributed by atoms with Crippen molar-refractivity contribution in [1.29, 1.82) is 0 Å². The van der Waals surface area contributed by atoms with Crippen LogP contribution in [0.5, 0.6) is 0 Å². The average molecular weight is 316 g/mol. The molecule has 0 bridgehead atoms. The lowest BCUT2D eigenvalue weighted by Gasteiger charge is -2.29. The Morgan fingerprint density at radius 1 is 1.26 bits per heavy atom. The van der Waals surface area contributed by atoms with Crippen LogP contribution in [0.2, 0.25) is 0 Å². The first kappa shape index (κ1) is 17.3. The number of benzene rings is 1. The molecule has 1 aromatic rings. The zero-order chi connectivity index (χ0) is 16.7. The predicted octanol–water partition coefficient (Wildman–Crippen LogP) is 1.78. The minimum atomic E-state index is 0.117. The molecule has 2 N–H and O–H groups in total. The molecule has 0 saturated carbocycles. The van der Waals surface area contributed by atoms with Gasteiger partial charge in [-0.1, -0.05) is 38.1 Å². The number of rotatable bonds is 5. The van der Waals surface area contributed by atoms with Crippen LogP contribution in [0, 0.1) is 5.92 Å². The van der Waals surface area contributed by atoms with Crippen LogP contribution in [-0.4, -0.2) is 43.4 Å². The Morgan fingerprint density at radius 3 is 2.70 bits per heavy atom. The standard InChI is InChI=1S/C18H28N4O/c1-14(2)8-10-20-18(19-3)21-12-17(23)22-11-9-15-6-4-5-7-16(15)13-22/h4-7,14H,8-13H2,1-3H3,(H2,19,20,21). The molecule has 1 aliphatic rings. The summed E-state index contributed by atoms with van der Waals surface area (Å²) in [6.07, 6.45) is 2.01. The number of nitrogens with zero attached hydrogens (tertiary/aromatic N) is 2. The van der Waals surface area contributed by atoms with Gasteiger partial charge in [0.2, 0.25) is 5.91 Å². The van der Waals surface area contributed by atoms with Gasteiger partial charge in [-0.05, 0) is 29.9 Å². The van der Waals surface area contributed by atoms with Crippen molar-refractivity contribution in [2.24, 2.45) is 10.9 Å².